The van der Waals surface area contributed by atoms with Gasteiger partial charge in [0.15, 0.2) is 11.6 Å². The Labute approximate surface area is 133 Å². The summed E-state index contributed by atoms with van der Waals surface area (Å²) in [6, 6.07) is 3.07. The second-order valence-corrected chi connectivity index (χ2v) is 4.76. The van der Waals surface area contributed by atoms with E-state index in [4.69, 9.17) is 0 Å². The third kappa shape index (κ3) is 3.42. The van der Waals surface area contributed by atoms with Gasteiger partial charge in [0, 0.05) is 13.1 Å². The first kappa shape index (κ1) is 17.2. The van der Waals surface area contributed by atoms with Gasteiger partial charge < -0.3 is 15.8 Å². The highest BCUT2D eigenvalue weighted by atomic mass is 19.2. The Kier molecular flexibility index (Phi) is 4.97. The van der Waals surface area contributed by atoms with E-state index in [0.717, 1.165) is 12.1 Å². The molecule has 1 amide bonds. The molecule has 24 heavy (non-hydrogen) atoms. The molecule has 0 bridgehead atoms. The number of benzene rings is 1. The summed E-state index contributed by atoms with van der Waals surface area (Å²) in [4.78, 5) is 37.6. The molecule has 0 unspecified atom stereocenters. The van der Waals surface area contributed by atoms with Gasteiger partial charge in [0.25, 0.3) is 5.91 Å². The number of rotatable bonds is 5. The highest BCUT2D eigenvalue weighted by Crippen LogP contribution is 2.09. The average molecular weight is 340 g/mol. The van der Waals surface area contributed by atoms with Gasteiger partial charge in [-0.2, -0.15) is 0 Å². The van der Waals surface area contributed by atoms with Crippen LogP contribution in [0, 0.1) is 11.6 Å². The zero-order valence-electron chi connectivity index (χ0n) is 12.5. The van der Waals surface area contributed by atoms with Crippen LogP contribution in [-0.4, -0.2) is 27.4 Å². The highest BCUT2D eigenvalue weighted by Gasteiger charge is 2.20. The summed E-state index contributed by atoms with van der Waals surface area (Å²) in [5.74, 6) is -3.15. The Morgan fingerprint density at radius 1 is 1.29 bits per heavy atom. The molecule has 8 nitrogen and oxygen atoms in total. The third-order valence-electron chi connectivity index (χ3n) is 3.10. The van der Waals surface area contributed by atoms with Crippen molar-refractivity contribution in [3.05, 3.63) is 61.8 Å². The van der Waals surface area contributed by atoms with Crippen LogP contribution in [0.1, 0.15) is 22.8 Å². The van der Waals surface area contributed by atoms with Crippen molar-refractivity contribution in [3.8, 4) is 0 Å². The van der Waals surface area contributed by atoms with Crippen LogP contribution in [0.25, 0.3) is 0 Å². The van der Waals surface area contributed by atoms with Gasteiger partial charge in [-0.15, -0.1) is 0 Å². The van der Waals surface area contributed by atoms with Crippen LogP contribution in [0.2, 0.25) is 0 Å². The van der Waals surface area contributed by atoms with Crippen LogP contribution in [-0.2, 0) is 6.54 Å². The van der Waals surface area contributed by atoms with Gasteiger partial charge in [-0.25, -0.2) is 13.6 Å². The SMILES string of the molecule is CCNc1[nH]c(=O)n(O)c(=O)c1C(=O)NCc1ccc(F)c(F)c1. The molecular formula is C14H14F2N4O4. The largest absolute Gasteiger partial charge is 0.421 e. The number of hydrogen-bond donors (Lipinski definition) is 4. The number of nitrogens with one attached hydrogen (secondary N) is 3. The molecule has 1 heterocycles. The van der Waals surface area contributed by atoms with Gasteiger partial charge in [0.05, 0.1) is 0 Å². The number of amides is 1. The maximum absolute atomic E-state index is 13.1. The number of nitrogens with zero attached hydrogens (tertiary/aromatic N) is 1. The standard InChI is InChI=1S/C14H14F2N4O4/c1-2-17-11-10(13(22)20(24)14(23)19-11)12(21)18-6-7-3-4-8(15)9(16)5-7/h3-5,17,24H,2,6H2,1H3,(H,18,21)(H,19,23). The summed E-state index contributed by atoms with van der Waals surface area (Å²) < 4.78 is 25.8. The van der Waals surface area contributed by atoms with E-state index in [1.54, 1.807) is 6.92 Å². The number of aromatic amines is 1. The van der Waals surface area contributed by atoms with Crippen molar-refractivity contribution < 1.29 is 18.8 Å². The maximum atomic E-state index is 13.1. The Morgan fingerprint density at radius 2 is 2.00 bits per heavy atom. The molecule has 2 rings (SSSR count). The molecule has 0 aliphatic rings. The summed E-state index contributed by atoms with van der Waals surface area (Å²) in [5, 5.41) is 14.3. The van der Waals surface area contributed by atoms with E-state index in [0.29, 0.717) is 6.54 Å². The third-order valence-corrected chi connectivity index (χ3v) is 3.10. The van der Waals surface area contributed by atoms with Crippen molar-refractivity contribution in [3.63, 3.8) is 0 Å². The molecule has 0 saturated heterocycles. The maximum Gasteiger partial charge on any atom is 0.363 e. The van der Waals surface area contributed by atoms with E-state index in [1.165, 1.54) is 6.07 Å². The molecule has 1 aromatic carbocycles. The van der Waals surface area contributed by atoms with Crippen molar-refractivity contribution in [1.29, 1.82) is 0 Å². The fraction of sp³-hybridized carbons (Fsp3) is 0.214. The number of anilines is 1. The van der Waals surface area contributed by atoms with Crippen LogP contribution in [0.5, 0.6) is 0 Å². The molecule has 0 spiro atoms. The lowest BCUT2D eigenvalue weighted by molar-refractivity contribution is 0.0940. The minimum Gasteiger partial charge on any atom is -0.421 e. The van der Waals surface area contributed by atoms with E-state index >= 15 is 0 Å². The van der Waals surface area contributed by atoms with Crippen molar-refractivity contribution in [2.45, 2.75) is 13.5 Å². The van der Waals surface area contributed by atoms with Gasteiger partial charge in [0.1, 0.15) is 11.4 Å². The van der Waals surface area contributed by atoms with E-state index in [1.807, 2.05) is 0 Å². The summed E-state index contributed by atoms with van der Waals surface area (Å²) in [5.41, 5.74) is -2.56. The predicted molar refractivity (Wildman–Crippen MR) is 80.2 cm³/mol. The van der Waals surface area contributed by atoms with Crippen molar-refractivity contribution in [1.82, 2.24) is 15.0 Å². The topological polar surface area (TPSA) is 116 Å². The molecule has 0 aliphatic heterocycles. The van der Waals surface area contributed by atoms with Gasteiger partial charge in [-0.05, 0) is 24.6 Å². The second-order valence-electron chi connectivity index (χ2n) is 4.76. The molecular weight excluding hydrogens is 326 g/mol. The predicted octanol–water partition coefficient (Wildman–Crippen LogP) is 0.414. The summed E-state index contributed by atoms with van der Waals surface area (Å²) in [7, 11) is 0. The van der Waals surface area contributed by atoms with Crippen molar-refractivity contribution in [2.75, 3.05) is 11.9 Å². The van der Waals surface area contributed by atoms with Crippen molar-refractivity contribution >= 4 is 11.7 Å². The van der Waals surface area contributed by atoms with Crippen LogP contribution >= 0.6 is 0 Å². The summed E-state index contributed by atoms with van der Waals surface area (Å²) >= 11 is 0. The van der Waals surface area contributed by atoms with Crippen LogP contribution in [0.3, 0.4) is 0 Å². The first-order valence-corrected chi connectivity index (χ1v) is 6.89. The lowest BCUT2D eigenvalue weighted by Gasteiger charge is -2.11. The molecule has 4 N–H and O–H groups in total. The van der Waals surface area contributed by atoms with Crippen LogP contribution in [0.4, 0.5) is 14.6 Å². The van der Waals surface area contributed by atoms with Gasteiger partial charge >= 0.3 is 11.2 Å². The van der Waals surface area contributed by atoms with Crippen LogP contribution < -0.4 is 21.9 Å². The van der Waals surface area contributed by atoms with Crippen LogP contribution in [0.15, 0.2) is 27.8 Å². The monoisotopic (exact) mass is 340 g/mol. The van der Waals surface area contributed by atoms with Gasteiger partial charge in [-0.3, -0.25) is 14.6 Å². The second kappa shape index (κ2) is 6.94. The average Bonchev–Trinajstić information content (AvgIpc) is 2.54. The molecule has 128 valence electrons. The first-order chi connectivity index (χ1) is 11.3. The lowest BCUT2D eigenvalue weighted by atomic mass is 10.2. The molecule has 0 atom stereocenters. The van der Waals surface area contributed by atoms with Crippen molar-refractivity contribution in [2.24, 2.45) is 0 Å². The summed E-state index contributed by atoms with van der Waals surface area (Å²) in [6.45, 7) is 1.78. The Morgan fingerprint density at radius 3 is 2.62 bits per heavy atom. The molecule has 1 aromatic heterocycles. The molecule has 0 radical (unpaired) electrons. The molecule has 10 heteroatoms. The fourth-order valence-electron chi connectivity index (χ4n) is 1.97. The number of hydrogen-bond acceptors (Lipinski definition) is 5. The van der Waals surface area contributed by atoms with E-state index in [9.17, 15) is 28.4 Å². The first-order valence-electron chi connectivity index (χ1n) is 6.89. The van der Waals surface area contributed by atoms with E-state index in [-0.39, 0.29) is 22.7 Å². The fourth-order valence-corrected chi connectivity index (χ4v) is 1.97. The number of halogens is 2. The van der Waals surface area contributed by atoms with E-state index < -0.39 is 34.4 Å². The smallest absolute Gasteiger partial charge is 0.363 e. The highest BCUT2D eigenvalue weighted by molar-refractivity contribution is 5.98. The molecule has 0 saturated carbocycles. The Balaban J connectivity index is 2.29. The minimum atomic E-state index is -1.21. The van der Waals surface area contributed by atoms with Gasteiger partial charge in [-0.1, -0.05) is 10.8 Å². The summed E-state index contributed by atoms with van der Waals surface area (Å²) in [6.07, 6.45) is 0. The molecule has 0 aliphatic carbocycles. The van der Waals surface area contributed by atoms with E-state index in [2.05, 4.69) is 15.6 Å². The van der Waals surface area contributed by atoms with Gasteiger partial charge in [0.2, 0.25) is 0 Å². The minimum absolute atomic E-state index is 0.152. The Hall–Kier alpha value is -3.17. The number of aromatic nitrogens is 2. The zero-order valence-corrected chi connectivity index (χ0v) is 12.5. The normalized spacial score (nSPS) is 10.5. The Bertz CT molecular complexity index is 891. The number of H-pyrrole nitrogens is 1. The lowest BCUT2D eigenvalue weighted by Crippen LogP contribution is -2.41. The number of carbonyl (C=O) groups excluding carboxylic acids is 1. The zero-order chi connectivity index (χ0) is 17.9. The number of carbonyl (C=O) groups is 1. The quantitative estimate of drug-likeness (QED) is 0.589. The molecule has 2 aromatic rings. The molecule has 0 fully saturated rings.